The number of aliphatic imine (C=N–C) groups is 1. The highest BCUT2D eigenvalue weighted by atomic mass is 19.1. The standard InChI is InChI=1S/C70H90FN17O13/c1-38(2)30-51-63(95)82-50-16-8-9-27-75-58(90)26-25-49(62(94)80-48(61(93)83-51)17-10-28-76-70(73)74)81-67(99)55(35-59(91)78-37-56(60(72)92)87-68(100)57-18-11-29-88(57)69(50)101)86-66(98)54(34-44-36-77-47-15-7-6-14-46(44)47)85-65(97)53(32-40-20-23-45(71)24-21-40)84-64(96)52(79-39(3)89)33-41-19-22-42-12-4-5-13-43(42)31-41/h4-7,12-15,19-24,31,36,38,48-57,77H,8-11,16-18,25-30,32-35,37H2,1-3H3,(H2,72,92)(H,75,90)(H,78,91)(H,79,89)(H,80,94)(H,81,99)(H,82,95)(H,83,93)(H,84,96)(H,85,97)(H,86,98)(H,87,100)(H4,73,74,76)/t48-,49-,50+,51-,52+,53-,54+,55-,56?,57-/m0/s1. The largest absolute Gasteiger partial charge is 0.370 e. The fourth-order valence-corrected chi connectivity index (χ4v) is 12.5. The number of para-hydroxylation sites is 1. The molecule has 5 aromatic rings. The number of benzene rings is 4. The molecule has 1 unspecified atom stereocenters. The van der Waals surface area contributed by atoms with Crippen molar-refractivity contribution < 1.29 is 66.7 Å². The van der Waals surface area contributed by atoms with Crippen LogP contribution in [-0.2, 0) is 81.6 Å². The number of primary amides is 1. The second-order valence-electron chi connectivity index (χ2n) is 26.1. The van der Waals surface area contributed by atoms with Gasteiger partial charge in [-0.3, -0.25) is 67.3 Å². The van der Waals surface area contributed by atoms with Crippen molar-refractivity contribution >= 4 is 104 Å². The Labute approximate surface area is 582 Å². The maximum Gasteiger partial charge on any atom is 0.245 e. The Morgan fingerprint density at radius 3 is 2.00 bits per heavy atom. The van der Waals surface area contributed by atoms with Gasteiger partial charge in [-0.1, -0.05) is 86.6 Å². The summed E-state index contributed by atoms with van der Waals surface area (Å²) in [6, 6.07) is 9.85. The van der Waals surface area contributed by atoms with Gasteiger partial charge in [0.05, 0.1) is 6.42 Å². The van der Waals surface area contributed by atoms with Gasteiger partial charge in [-0.05, 0) is 109 Å². The Morgan fingerprint density at radius 2 is 1.29 bits per heavy atom. The number of fused-ring (bicyclic) bond motifs is 25. The van der Waals surface area contributed by atoms with E-state index in [0.717, 1.165) is 22.9 Å². The van der Waals surface area contributed by atoms with Crippen LogP contribution in [-0.4, -0.2) is 179 Å². The van der Waals surface area contributed by atoms with Crippen LogP contribution in [0.4, 0.5) is 4.39 Å². The molecule has 540 valence electrons. The first-order valence-corrected chi connectivity index (χ1v) is 33.9. The van der Waals surface area contributed by atoms with Crippen molar-refractivity contribution in [2.24, 2.45) is 28.1 Å². The Kier molecular flexibility index (Phi) is 27.1. The lowest BCUT2D eigenvalue weighted by Gasteiger charge is -2.31. The van der Waals surface area contributed by atoms with E-state index in [1.54, 1.807) is 50.4 Å². The van der Waals surface area contributed by atoms with Crippen LogP contribution in [0, 0.1) is 11.7 Å². The van der Waals surface area contributed by atoms with Crippen LogP contribution in [0.25, 0.3) is 21.7 Å². The monoisotopic (exact) mass is 1400 g/mol. The molecule has 1 aromatic heterocycles. The summed E-state index contributed by atoms with van der Waals surface area (Å²) in [4.78, 5) is 196. The van der Waals surface area contributed by atoms with E-state index in [0.29, 0.717) is 34.0 Å². The molecule has 4 fully saturated rings. The molecule has 4 aliphatic rings. The molecule has 5 heterocycles. The van der Waals surface area contributed by atoms with Gasteiger partial charge in [-0.25, -0.2) is 4.39 Å². The molecule has 18 N–H and O–H groups in total. The number of amides is 13. The van der Waals surface area contributed by atoms with Crippen molar-refractivity contribution in [1.82, 2.24) is 68.4 Å². The number of rotatable bonds is 20. The summed E-state index contributed by atoms with van der Waals surface area (Å²) >= 11 is 0. The van der Waals surface area contributed by atoms with E-state index in [9.17, 15) is 52.3 Å². The molecule has 10 atom stereocenters. The minimum atomic E-state index is -2.03. The maximum absolute atomic E-state index is 15.4. The molecule has 13 amide bonds. The van der Waals surface area contributed by atoms with Crippen LogP contribution < -0.4 is 75.7 Å². The first kappa shape index (κ1) is 75.8. The molecule has 30 nitrogen and oxygen atoms in total. The van der Waals surface area contributed by atoms with E-state index in [1.165, 1.54) is 24.0 Å². The summed E-state index contributed by atoms with van der Waals surface area (Å²) < 4.78 is 14.4. The molecule has 0 spiro atoms. The van der Waals surface area contributed by atoms with Crippen LogP contribution in [0.5, 0.6) is 0 Å². The maximum atomic E-state index is 15.4. The van der Waals surface area contributed by atoms with Gasteiger partial charge in [-0.2, -0.15) is 0 Å². The number of aromatic amines is 1. The average molecular weight is 1400 g/mol. The lowest BCUT2D eigenvalue weighted by molar-refractivity contribution is -0.142. The second kappa shape index (κ2) is 36.2. The number of hydrogen-bond acceptors (Lipinski definition) is 14. The number of carbonyl (C=O) groups excluding carboxylic acids is 13. The average Bonchev–Trinajstić information content (AvgIpc) is 1.81. The predicted molar refractivity (Wildman–Crippen MR) is 370 cm³/mol. The third-order valence-corrected chi connectivity index (χ3v) is 17.8. The zero-order valence-corrected chi connectivity index (χ0v) is 56.6. The molecule has 2 bridgehead atoms. The van der Waals surface area contributed by atoms with E-state index < -0.39 is 169 Å². The fraction of sp³-hybridized carbons (Fsp3) is 0.457. The van der Waals surface area contributed by atoms with Crippen molar-refractivity contribution in [3.8, 4) is 0 Å². The number of H-pyrrole nitrogens is 1. The summed E-state index contributed by atoms with van der Waals surface area (Å²) in [5, 5.41) is 31.6. The molecule has 4 aliphatic heterocycles. The molecular weight excluding hydrogens is 1310 g/mol. The van der Waals surface area contributed by atoms with Crippen molar-refractivity contribution in [3.05, 3.63) is 120 Å². The summed E-state index contributed by atoms with van der Waals surface area (Å²) in [5.74, 6) is -12.8. The Hall–Kier alpha value is -11.0. The molecule has 0 radical (unpaired) electrons. The predicted octanol–water partition coefficient (Wildman–Crippen LogP) is -0.953. The first-order valence-electron chi connectivity index (χ1n) is 33.9. The number of carbonyl (C=O) groups is 13. The Balaban J connectivity index is 1.18. The summed E-state index contributed by atoms with van der Waals surface area (Å²) in [7, 11) is 0. The number of halogens is 1. The van der Waals surface area contributed by atoms with Gasteiger partial charge in [0.15, 0.2) is 5.96 Å². The molecule has 31 heteroatoms. The zero-order chi connectivity index (χ0) is 72.9. The molecule has 9 rings (SSSR count). The zero-order valence-electron chi connectivity index (χ0n) is 56.6. The van der Waals surface area contributed by atoms with Gasteiger partial charge in [0, 0.05) is 75.9 Å². The number of nitrogens with one attached hydrogen (secondary N) is 12. The van der Waals surface area contributed by atoms with Gasteiger partial charge >= 0.3 is 0 Å². The molecule has 4 saturated heterocycles. The fourth-order valence-electron chi connectivity index (χ4n) is 12.5. The molecule has 0 saturated carbocycles. The van der Waals surface area contributed by atoms with Crippen LogP contribution in [0.3, 0.4) is 0 Å². The summed E-state index contributed by atoms with van der Waals surface area (Å²) in [5.41, 5.74) is 19.1. The lowest BCUT2D eigenvalue weighted by atomic mass is 9.99. The summed E-state index contributed by atoms with van der Waals surface area (Å²) in [6.07, 6.45) is -0.0956. The van der Waals surface area contributed by atoms with Crippen LogP contribution in [0.15, 0.2) is 102 Å². The molecule has 4 aromatic carbocycles. The number of hydrogen-bond donors (Lipinski definition) is 15. The minimum absolute atomic E-state index is 0.0145. The number of nitrogens with two attached hydrogens (primary N) is 3. The normalized spacial score (nSPS) is 21.8. The smallest absolute Gasteiger partial charge is 0.245 e. The van der Waals surface area contributed by atoms with Crippen LogP contribution >= 0.6 is 0 Å². The number of nitrogens with zero attached hydrogens (tertiary/aromatic N) is 2. The summed E-state index contributed by atoms with van der Waals surface area (Å²) in [6.45, 7) is 4.18. The van der Waals surface area contributed by atoms with E-state index in [-0.39, 0.29) is 95.7 Å². The highest BCUT2D eigenvalue weighted by Crippen LogP contribution is 2.24. The van der Waals surface area contributed by atoms with Gasteiger partial charge in [-0.15, -0.1) is 0 Å². The third kappa shape index (κ3) is 22.2. The topological polar surface area (TPSA) is 464 Å². The molecule has 101 heavy (non-hydrogen) atoms. The second-order valence-corrected chi connectivity index (χ2v) is 26.1. The van der Waals surface area contributed by atoms with Gasteiger partial charge in [0.2, 0.25) is 76.8 Å². The van der Waals surface area contributed by atoms with Crippen molar-refractivity contribution in [1.29, 1.82) is 0 Å². The molecular formula is C70H90FN17O13. The van der Waals surface area contributed by atoms with Crippen LogP contribution in [0.1, 0.15) is 108 Å². The van der Waals surface area contributed by atoms with Gasteiger partial charge in [0.1, 0.15) is 66.2 Å². The highest BCUT2D eigenvalue weighted by Gasteiger charge is 2.41. The quantitative estimate of drug-likeness (QED) is 0.0193. The Bertz CT molecular complexity index is 3900. The Morgan fingerprint density at radius 1 is 0.634 bits per heavy atom. The SMILES string of the molecule is CC(=O)N[C@H](Cc1ccc2ccccc2c1)C(=O)N[C@@H](Cc1ccc(F)cc1)C(=O)N[C@H](Cc1c[nH]c2ccccc12)C(=O)N[C@H]1CC(=O)NCC(C(N)=O)NC(=O)[C@@H]2CCCN2C(=O)[C@H]2CCCCNC(=O)CC[C@H](NC1=O)C(=O)N[C@@H](CCCN=C(N)N)C(=O)N[C@@H](CC(C)C)C(=O)N2. The van der Waals surface area contributed by atoms with Crippen molar-refractivity contribution in [2.75, 3.05) is 26.2 Å². The van der Waals surface area contributed by atoms with Crippen molar-refractivity contribution in [3.63, 3.8) is 0 Å². The molecule has 0 aliphatic carbocycles. The minimum Gasteiger partial charge on any atom is -0.370 e. The van der Waals surface area contributed by atoms with Crippen LogP contribution in [0.2, 0.25) is 0 Å². The third-order valence-electron chi connectivity index (χ3n) is 17.8. The van der Waals surface area contributed by atoms with Crippen molar-refractivity contribution in [2.45, 2.75) is 171 Å². The van der Waals surface area contributed by atoms with E-state index >= 15 is 14.4 Å². The highest BCUT2D eigenvalue weighted by molar-refractivity contribution is 6.01. The van der Waals surface area contributed by atoms with E-state index in [1.807, 2.05) is 36.4 Å². The van der Waals surface area contributed by atoms with E-state index in [4.69, 9.17) is 17.2 Å². The first-order chi connectivity index (χ1) is 48.3. The van der Waals surface area contributed by atoms with E-state index in [2.05, 4.69) is 68.5 Å². The lowest BCUT2D eigenvalue weighted by Crippen LogP contribution is -2.61. The number of guanidine groups is 1. The number of aromatic nitrogens is 1. The van der Waals surface area contributed by atoms with Gasteiger partial charge in [0.25, 0.3) is 0 Å². The van der Waals surface area contributed by atoms with Gasteiger partial charge < -0.3 is 85.6 Å².